The van der Waals surface area contributed by atoms with Gasteiger partial charge in [0, 0.05) is 16.2 Å². The van der Waals surface area contributed by atoms with Crippen molar-refractivity contribution in [3.05, 3.63) is 43.0 Å². The van der Waals surface area contributed by atoms with E-state index < -0.39 is 0 Å². The van der Waals surface area contributed by atoms with Gasteiger partial charge in [-0.05, 0) is 37.8 Å². The van der Waals surface area contributed by atoms with Crippen LogP contribution in [-0.4, -0.2) is 85.9 Å². The number of benzene rings is 1. The second-order valence-corrected chi connectivity index (χ2v) is 12.3. The molecule has 40 heavy (non-hydrogen) atoms. The molecule has 1 aromatic carbocycles. The summed E-state index contributed by atoms with van der Waals surface area (Å²) in [4.78, 5) is 0. The van der Waals surface area contributed by atoms with Crippen LogP contribution in [0.15, 0.2) is 43.0 Å². The third-order valence-corrected chi connectivity index (χ3v) is 9.01. The Morgan fingerprint density at radius 2 is 0.975 bits per heavy atom. The van der Waals surface area contributed by atoms with Crippen LogP contribution < -0.4 is 4.74 Å². The number of ether oxygens (including phenoxy) is 7. The molecule has 0 atom stereocenters. The van der Waals surface area contributed by atoms with E-state index in [1.54, 1.807) is 6.08 Å². The number of rotatable bonds is 15. The van der Waals surface area contributed by atoms with E-state index in [0.717, 1.165) is 111 Å². The molecule has 1 aromatic rings. The molecule has 0 saturated carbocycles. The largest absolute Gasteiger partial charge is 0.493 e. The van der Waals surface area contributed by atoms with Gasteiger partial charge in [-0.3, -0.25) is 0 Å². The summed E-state index contributed by atoms with van der Waals surface area (Å²) in [5.74, 6) is 0.951. The molecular weight excluding hydrogens is 508 g/mol. The number of hydrogen-bond acceptors (Lipinski definition) is 7. The van der Waals surface area contributed by atoms with Gasteiger partial charge in [0.2, 0.25) is 0 Å². The summed E-state index contributed by atoms with van der Waals surface area (Å²) in [5, 5.41) is 0. The lowest BCUT2D eigenvalue weighted by molar-refractivity contribution is -0.187. The van der Waals surface area contributed by atoms with Crippen molar-refractivity contribution in [1.82, 2.24) is 0 Å². The highest BCUT2D eigenvalue weighted by Gasteiger charge is 2.41. The molecule has 5 rings (SSSR count). The molecule has 0 unspecified atom stereocenters. The highest BCUT2D eigenvalue weighted by Crippen LogP contribution is 2.35. The van der Waals surface area contributed by atoms with E-state index in [-0.39, 0.29) is 5.41 Å². The Bertz CT molecular complexity index is 782. The van der Waals surface area contributed by atoms with E-state index in [1.807, 2.05) is 30.3 Å². The van der Waals surface area contributed by atoms with Crippen LogP contribution >= 0.6 is 0 Å². The molecule has 0 bridgehead atoms. The van der Waals surface area contributed by atoms with E-state index >= 15 is 0 Å². The lowest BCUT2D eigenvalue weighted by atomic mass is 9.83. The zero-order valence-corrected chi connectivity index (χ0v) is 25.5. The van der Waals surface area contributed by atoms with Crippen molar-refractivity contribution in [1.29, 1.82) is 0 Å². The molecule has 4 aliphatic rings. The van der Waals surface area contributed by atoms with Crippen molar-refractivity contribution in [2.75, 3.05) is 85.9 Å². The zero-order valence-electron chi connectivity index (χ0n) is 25.5. The predicted molar refractivity (Wildman–Crippen MR) is 158 cm³/mol. The Labute approximate surface area is 242 Å². The van der Waals surface area contributed by atoms with Gasteiger partial charge in [-0.1, -0.05) is 52.0 Å². The van der Waals surface area contributed by atoms with Crippen LogP contribution in [0.4, 0.5) is 0 Å². The van der Waals surface area contributed by atoms with Gasteiger partial charge in [-0.15, -0.1) is 6.58 Å². The maximum absolute atomic E-state index is 5.87. The third-order valence-electron chi connectivity index (χ3n) is 9.01. The molecule has 7 heteroatoms. The molecule has 228 valence electrons. The Morgan fingerprint density at radius 1 is 0.600 bits per heavy atom. The molecule has 4 fully saturated rings. The monoisotopic (exact) mass is 562 g/mol. The Morgan fingerprint density at radius 3 is 1.30 bits per heavy atom. The summed E-state index contributed by atoms with van der Waals surface area (Å²) in [5.41, 5.74) is 1.23. The molecule has 4 aliphatic heterocycles. The standard InChI is InChI=1S/C12H22O3.C12H16O2.C9H16O2/c1-3-11(5-13-6-11)9-15-10-12(4-2)7-14-8-12;1-2-12(8-13-9-12)10-14-11-6-4-3-5-7-11;1-3-5-10-6-9(4-2)7-11-8-9/h3-10H2,1-2H3;3-7H,2,8-10H2,1H3;3H,1,4-8H2,2H3. The van der Waals surface area contributed by atoms with Crippen molar-refractivity contribution in [2.24, 2.45) is 21.7 Å². The van der Waals surface area contributed by atoms with Crippen LogP contribution in [0.3, 0.4) is 0 Å². The van der Waals surface area contributed by atoms with E-state index in [2.05, 4.69) is 34.3 Å². The average molecular weight is 563 g/mol. The maximum atomic E-state index is 5.87. The maximum Gasteiger partial charge on any atom is 0.119 e. The van der Waals surface area contributed by atoms with Crippen LogP contribution in [-0.2, 0) is 28.4 Å². The lowest BCUT2D eigenvalue weighted by Crippen LogP contribution is -2.49. The quantitative estimate of drug-likeness (QED) is 0.193. The molecule has 4 heterocycles. The minimum absolute atomic E-state index is 0.274. The van der Waals surface area contributed by atoms with E-state index in [4.69, 9.17) is 33.2 Å². The van der Waals surface area contributed by atoms with Gasteiger partial charge in [0.05, 0.1) is 91.3 Å². The lowest BCUT2D eigenvalue weighted by Gasteiger charge is -2.44. The zero-order chi connectivity index (χ0) is 28.8. The third kappa shape index (κ3) is 9.27. The van der Waals surface area contributed by atoms with Gasteiger partial charge in [0.25, 0.3) is 0 Å². The van der Waals surface area contributed by atoms with Crippen LogP contribution in [0.2, 0.25) is 0 Å². The Hall–Kier alpha value is -1.48. The fourth-order valence-corrected chi connectivity index (χ4v) is 4.72. The molecule has 0 aliphatic carbocycles. The first kappa shape index (κ1) is 33.0. The van der Waals surface area contributed by atoms with Crippen LogP contribution in [0, 0.1) is 21.7 Å². The summed E-state index contributed by atoms with van der Waals surface area (Å²) in [6, 6.07) is 9.96. The van der Waals surface area contributed by atoms with E-state index in [1.165, 1.54) is 0 Å². The molecule has 7 nitrogen and oxygen atoms in total. The van der Waals surface area contributed by atoms with E-state index in [0.29, 0.717) is 22.9 Å². The summed E-state index contributed by atoms with van der Waals surface area (Å²) in [6.45, 7) is 23.3. The first-order chi connectivity index (χ1) is 19.4. The molecule has 4 saturated heterocycles. The van der Waals surface area contributed by atoms with Gasteiger partial charge in [-0.25, -0.2) is 0 Å². The SMILES string of the molecule is C=CCOCC1(CC)COC1.CCC1(COCC2(CC)COC2)COC1.CCC1(COc2ccccc2)COC1. The first-order valence-corrected chi connectivity index (χ1v) is 15.2. The molecule has 0 radical (unpaired) electrons. The molecule has 0 aromatic heterocycles. The highest BCUT2D eigenvalue weighted by atomic mass is 16.5. The van der Waals surface area contributed by atoms with Crippen LogP contribution in [0.5, 0.6) is 5.75 Å². The summed E-state index contributed by atoms with van der Waals surface area (Å²) in [7, 11) is 0. The van der Waals surface area contributed by atoms with Gasteiger partial charge in [0.1, 0.15) is 5.75 Å². The van der Waals surface area contributed by atoms with Gasteiger partial charge < -0.3 is 33.2 Å². The van der Waals surface area contributed by atoms with Crippen molar-refractivity contribution in [3.8, 4) is 5.75 Å². The van der Waals surface area contributed by atoms with Gasteiger partial charge in [0.15, 0.2) is 0 Å². The summed E-state index contributed by atoms with van der Waals surface area (Å²) < 4.78 is 37.9. The van der Waals surface area contributed by atoms with Crippen molar-refractivity contribution in [3.63, 3.8) is 0 Å². The average Bonchev–Trinajstić information content (AvgIpc) is 2.90. The predicted octanol–water partition coefficient (Wildman–Crippen LogP) is 5.96. The number of para-hydroxylation sites is 1. The van der Waals surface area contributed by atoms with Crippen LogP contribution in [0.25, 0.3) is 0 Å². The minimum Gasteiger partial charge on any atom is -0.493 e. The van der Waals surface area contributed by atoms with Crippen molar-refractivity contribution >= 4 is 0 Å². The number of hydrogen-bond donors (Lipinski definition) is 0. The molecule has 0 amide bonds. The minimum atomic E-state index is 0.274. The summed E-state index contributed by atoms with van der Waals surface area (Å²) >= 11 is 0. The summed E-state index contributed by atoms with van der Waals surface area (Å²) in [6.07, 6.45) is 6.36. The fraction of sp³-hybridized carbons (Fsp3) is 0.758. The van der Waals surface area contributed by atoms with Crippen molar-refractivity contribution < 1.29 is 33.2 Å². The van der Waals surface area contributed by atoms with E-state index in [9.17, 15) is 0 Å². The second kappa shape index (κ2) is 16.2. The molecular formula is C33H54O7. The normalized spacial score (nSPS) is 22.3. The van der Waals surface area contributed by atoms with Gasteiger partial charge >= 0.3 is 0 Å². The second-order valence-electron chi connectivity index (χ2n) is 12.3. The Balaban J connectivity index is 0.000000168. The van der Waals surface area contributed by atoms with Crippen LogP contribution in [0.1, 0.15) is 53.4 Å². The smallest absolute Gasteiger partial charge is 0.119 e. The first-order valence-electron chi connectivity index (χ1n) is 15.2. The Kier molecular flexibility index (Phi) is 13.4. The topological polar surface area (TPSA) is 64.6 Å². The molecule has 0 spiro atoms. The highest BCUT2D eigenvalue weighted by molar-refractivity contribution is 5.21. The fourth-order valence-electron chi connectivity index (χ4n) is 4.72. The van der Waals surface area contributed by atoms with Crippen molar-refractivity contribution in [2.45, 2.75) is 53.4 Å². The van der Waals surface area contributed by atoms with Gasteiger partial charge in [-0.2, -0.15) is 0 Å². The molecule has 0 N–H and O–H groups in total.